The number of hydrogen-bond acceptors (Lipinski definition) is 0. The lowest BCUT2D eigenvalue weighted by Crippen LogP contribution is -2.31. The Balaban J connectivity index is 1.76. The van der Waals surface area contributed by atoms with E-state index < -0.39 is 0 Å². The number of hydrogen-bond donors (Lipinski definition) is 0. The molecule has 2 aromatic heterocycles. The van der Waals surface area contributed by atoms with Crippen molar-refractivity contribution in [3.8, 4) is 39.3 Å². The summed E-state index contributed by atoms with van der Waals surface area (Å²) in [4.78, 5) is 0. The van der Waals surface area contributed by atoms with Gasteiger partial charge in [0.05, 0.1) is 5.69 Å². The Labute approximate surface area is 221 Å². The van der Waals surface area contributed by atoms with Crippen LogP contribution < -0.4 is 4.57 Å². The van der Waals surface area contributed by atoms with Gasteiger partial charge in [-0.15, -0.1) is 0 Å². The zero-order chi connectivity index (χ0) is 26.1. The van der Waals surface area contributed by atoms with E-state index in [1.807, 2.05) is 0 Å². The molecule has 5 aromatic rings. The molecule has 3 aromatic carbocycles. The highest BCUT2D eigenvalue weighted by Crippen LogP contribution is 2.39. The molecule has 0 spiro atoms. The quantitative estimate of drug-likeness (QED) is 0.212. The summed E-state index contributed by atoms with van der Waals surface area (Å²) in [6.07, 6.45) is 4.44. The summed E-state index contributed by atoms with van der Waals surface area (Å²) in [5.41, 5.74) is 12.8. The van der Waals surface area contributed by atoms with Crippen LogP contribution in [0.3, 0.4) is 0 Å². The summed E-state index contributed by atoms with van der Waals surface area (Å²) in [6.45, 7) is 11.5. The predicted octanol–water partition coefficient (Wildman–Crippen LogP) is 8.86. The minimum Gasteiger partial charge on any atom is -0.311 e. The minimum absolute atomic E-state index is 0.385. The van der Waals surface area contributed by atoms with Crippen LogP contribution in [0.5, 0.6) is 0 Å². The Hall–Kier alpha value is -3.91. The Morgan fingerprint density at radius 2 is 1.16 bits per heavy atom. The SMILES string of the molecule is Cc1ccn(-c2c(C(C)C)cc(-c3ccccc3)cc2C(C)C)c1-c1cc(-c2ccccc2)cc[n+]1C. The van der Waals surface area contributed by atoms with Crippen molar-refractivity contribution in [2.45, 2.75) is 46.5 Å². The lowest BCUT2D eigenvalue weighted by Gasteiger charge is -2.24. The molecule has 0 aliphatic carbocycles. The molecule has 0 saturated carbocycles. The predicted molar refractivity (Wildman–Crippen MR) is 156 cm³/mol. The molecule has 0 amide bonds. The van der Waals surface area contributed by atoms with E-state index in [9.17, 15) is 0 Å². The summed E-state index contributed by atoms with van der Waals surface area (Å²) in [5, 5.41) is 0. The van der Waals surface area contributed by atoms with Crippen LogP contribution in [0.1, 0.15) is 56.2 Å². The van der Waals surface area contributed by atoms with Gasteiger partial charge in [0, 0.05) is 18.3 Å². The van der Waals surface area contributed by atoms with E-state index in [0.717, 1.165) is 0 Å². The van der Waals surface area contributed by atoms with Gasteiger partial charge in [0.25, 0.3) is 0 Å². The number of nitrogens with zero attached hydrogens (tertiary/aromatic N) is 2. The van der Waals surface area contributed by atoms with Crippen LogP contribution in [0, 0.1) is 6.92 Å². The van der Waals surface area contributed by atoms with Gasteiger partial charge in [0.2, 0.25) is 5.69 Å². The van der Waals surface area contributed by atoms with Crippen molar-refractivity contribution in [3.05, 3.63) is 120 Å². The fourth-order valence-electron chi connectivity index (χ4n) is 5.29. The van der Waals surface area contributed by atoms with E-state index in [4.69, 9.17) is 0 Å². The standard InChI is InChI=1S/C35H37N2/c1-24(2)31-21-30(28-15-11-8-12-16-28)22-32(25(3)4)35(31)37-20-17-26(5)34(37)33-23-29(18-19-36(33)6)27-13-9-7-10-14-27/h7-25H,1-6H3/q+1. The van der Waals surface area contributed by atoms with Crippen molar-refractivity contribution >= 4 is 0 Å². The fourth-order valence-corrected chi connectivity index (χ4v) is 5.29. The van der Waals surface area contributed by atoms with Crippen molar-refractivity contribution < 1.29 is 4.57 Å². The molecule has 2 heteroatoms. The molecule has 0 N–H and O–H groups in total. The number of pyridine rings is 1. The van der Waals surface area contributed by atoms with Crippen LogP contribution in [0.2, 0.25) is 0 Å². The van der Waals surface area contributed by atoms with Gasteiger partial charge in [0.15, 0.2) is 6.20 Å². The first-order valence-corrected chi connectivity index (χ1v) is 13.3. The molecule has 0 saturated heterocycles. The van der Waals surface area contributed by atoms with Gasteiger partial charge in [-0.1, -0.05) is 88.4 Å². The summed E-state index contributed by atoms with van der Waals surface area (Å²) in [5.74, 6) is 0.771. The van der Waals surface area contributed by atoms with Crippen LogP contribution in [0.4, 0.5) is 0 Å². The Morgan fingerprint density at radius 1 is 0.622 bits per heavy atom. The maximum atomic E-state index is 2.44. The molecule has 0 aliphatic rings. The average Bonchev–Trinajstić information content (AvgIpc) is 3.29. The van der Waals surface area contributed by atoms with Crippen molar-refractivity contribution in [1.29, 1.82) is 0 Å². The Bertz CT molecular complexity index is 1490. The molecule has 2 nitrogen and oxygen atoms in total. The van der Waals surface area contributed by atoms with Gasteiger partial charge in [-0.2, -0.15) is 4.57 Å². The maximum Gasteiger partial charge on any atom is 0.230 e. The molecule has 37 heavy (non-hydrogen) atoms. The number of aryl methyl sites for hydroxylation is 2. The third-order valence-electron chi connectivity index (χ3n) is 7.35. The maximum absolute atomic E-state index is 2.44. The van der Waals surface area contributed by atoms with Crippen LogP contribution >= 0.6 is 0 Å². The summed E-state index contributed by atoms with van der Waals surface area (Å²) < 4.78 is 4.69. The normalized spacial score (nSPS) is 11.5. The molecule has 0 radical (unpaired) electrons. The van der Waals surface area contributed by atoms with Crippen LogP contribution in [0.25, 0.3) is 39.3 Å². The second kappa shape index (κ2) is 10.2. The lowest BCUT2D eigenvalue weighted by atomic mass is 9.88. The molecule has 0 bridgehead atoms. The summed E-state index contributed by atoms with van der Waals surface area (Å²) >= 11 is 0. The molecule has 0 atom stereocenters. The molecule has 2 heterocycles. The van der Waals surface area contributed by atoms with Crippen LogP contribution in [-0.4, -0.2) is 4.57 Å². The second-order valence-electron chi connectivity index (χ2n) is 10.7. The van der Waals surface area contributed by atoms with Gasteiger partial charge in [-0.25, -0.2) is 0 Å². The lowest BCUT2D eigenvalue weighted by molar-refractivity contribution is -0.660. The molecule has 0 unspecified atom stereocenters. The number of aromatic nitrogens is 2. The minimum atomic E-state index is 0.385. The highest BCUT2D eigenvalue weighted by Gasteiger charge is 2.24. The molecule has 0 fully saturated rings. The summed E-state index contributed by atoms with van der Waals surface area (Å²) in [7, 11) is 2.14. The van der Waals surface area contributed by atoms with Gasteiger partial charge in [-0.3, -0.25) is 0 Å². The zero-order valence-electron chi connectivity index (χ0n) is 22.9. The third kappa shape index (κ3) is 4.76. The van der Waals surface area contributed by atoms with E-state index in [-0.39, 0.29) is 0 Å². The van der Waals surface area contributed by atoms with E-state index in [2.05, 4.69) is 154 Å². The Kier molecular flexibility index (Phi) is 6.84. The van der Waals surface area contributed by atoms with E-state index in [1.54, 1.807) is 0 Å². The average molecular weight is 486 g/mol. The van der Waals surface area contributed by atoms with Crippen molar-refractivity contribution in [1.82, 2.24) is 4.57 Å². The number of benzene rings is 3. The fraction of sp³-hybridized carbons (Fsp3) is 0.229. The molecule has 186 valence electrons. The monoisotopic (exact) mass is 485 g/mol. The zero-order valence-corrected chi connectivity index (χ0v) is 22.9. The smallest absolute Gasteiger partial charge is 0.230 e. The van der Waals surface area contributed by atoms with E-state index >= 15 is 0 Å². The van der Waals surface area contributed by atoms with Gasteiger partial charge in [-0.05, 0) is 75.9 Å². The first-order valence-electron chi connectivity index (χ1n) is 13.3. The van der Waals surface area contributed by atoms with Crippen LogP contribution in [0.15, 0.2) is 103 Å². The largest absolute Gasteiger partial charge is 0.311 e. The third-order valence-corrected chi connectivity index (χ3v) is 7.35. The Morgan fingerprint density at radius 3 is 1.70 bits per heavy atom. The van der Waals surface area contributed by atoms with E-state index in [1.165, 1.54) is 56.0 Å². The van der Waals surface area contributed by atoms with Gasteiger partial charge >= 0.3 is 0 Å². The number of rotatable bonds is 6. The molecular weight excluding hydrogens is 448 g/mol. The first kappa shape index (κ1) is 24.8. The molecule has 5 rings (SSSR count). The molecule has 0 aliphatic heterocycles. The summed E-state index contributed by atoms with van der Waals surface area (Å²) in [6, 6.07) is 33.0. The van der Waals surface area contributed by atoms with Gasteiger partial charge in [0.1, 0.15) is 12.7 Å². The van der Waals surface area contributed by atoms with Crippen molar-refractivity contribution in [3.63, 3.8) is 0 Å². The second-order valence-corrected chi connectivity index (χ2v) is 10.7. The highest BCUT2D eigenvalue weighted by atomic mass is 15.0. The first-order chi connectivity index (χ1) is 17.8. The van der Waals surface area contributed by atoms with Gasteiger partial charge < -0.3 is 4.57 Å². The highest BCUT2D eigenvalue weighted by molar-refractivity contribution is 5.74. The molecular formula is C35H37N2+. The van der Waals surface area contributed by atoms with Crippen molar-refractivity contribution in [2.24, 2.45) is 7.05 Å². The topological polar surface area (TPSA) is 8.81 Å². The van der Waals surface area contributed by atoms with Crippen LogP contribution in [-0.2, 0) is 7.05 Å². The van der Waals surface area contributed by atoms with Crippen molar-refractivity contribution in [2.75, 3.05) is 0 Å². The van der Waals surface area contributed by atoms with E-state index in [0.29, 0.717) is 11.8 Å².